The van der Waals surface area contributed by atoms with E-state index in [1.807, 2.05) is 20.8 Å². The maximum Gasteiger partial charge on any atom is 0.150 e. The van der Waals surface area contributed by atoms with E-state index in [1.165, 1.54) is 0 Å². The molecule has 0 spiro atoms. The molecule has 0 unspecified atom stereocenters. The number of aromatic amines is 1. The summed E-state index contributed by atoms with van der Waals surface area (Å²) in [7, 11) is 0. The number of hydrogen-bond donors (Lipinski definition) is 2. The molecule has 0 saturated carbocycles. The topological polar surface area (TPSA) is 67.6 Å². The van der Waals surface area contributed by atoms with Gasteiger partial charge in [0.2, 0.25) is 0 Å². The van der Waals surface area contributed by atoms with Crippen LogP contribution in [0, 0.1) is 0 Å². The number of nitrogens with zero attached hydrogens (tertiary/aromatic N) is 2. The van der Waals surface area contributed by atoms with Crippen LogP contribution >= 0.6 is 0 Å². The quantitative estimate of drug-likeness (QED) is 0.696. The largest absolute Gasteiger partial charge is 0.325 e. The molecular formula is C8H16N4. The predicted molar refractivity (Wildman–Crippen MR) is 47.7 cm³/mol. The summed E-state index contributed by atoms with van der Waals surface area (Å²) < 4.78 is 0. The molecule has 1 heterocycles. The average molecular weight is 168 g/mol. The van der Waals surface area contributed by atoms with Crippen LogP contribution in [0.3, 0.4) is 0 Å². The van der Waals surface area contributed by atoms with Gasteiger partial charge in [0.1, 0.15) is 11.6 Å². The smallest absolute Gasteiger partial charge is 0.150 e. The molecule has 4 heteroatoms. The van der Waals surface area contributed by atoms with Gasteiger partial charge in [0.25, 0.3) is 0 Å². The van der Waals surface area contributed by atoms with Crippen molar-refractivity contribution in [2.75, 3.05) is 0 Å². The third-order valence-corrected chi connectivity index (χ3v) is 1.52. The van der Waals surface area contributed by atoms with E-state index in [2.05, 4.69) is 15.2 Å². The minimum atomic E-state index is -0.218. The first-order chi connectivity index (χ1) is 5.51. The predicted octanol–water partition coefficient (Wildman–Crippen LogP) is 0.647. The monoisotopic (exact) mass is 168 g/mol. The molecule has 0 fully saturated rings. The number of nitrogens with two attached hydrogens (primary N) is 1. The van der Waals surface area contributed by atoms with Crippen LogP contribution in [0.15, 0.2) is 0 Å². The average Bonchev–Trinajstić information content (AvgIpc) is 2.32. The lowest BCUT2D eigenvalue weighted by Crippen LogP contribution is -2.34. The highest BCUT2D eigenvalue weighted by Gasteiger charge is 2.14. The van der Waals surface area contributed by atoms with Crippen molar-refractivity contribution >= 4 is 0 Å². The first-order valence-electron chi connectivity index (χ1n) is 4.20. The van der Waals surface area contributed by atoms with Crippen molar-refractivity contribution in [3.63, 3.8) is 0 Å². The van der Waals surface area contributed by atoms with Gasteiger partial charge in [0.05, 0.1) is 0 Å². The standard InChI is InChI=1S/C8H16N4/c1-4-6-10-7(12-11-6)5-8(2,3)9/h4-5,9H2,1-3H3,(H,10,11,12). The molecule has 0 radical (unpaired) electrons. The van der Waals surface area contributed by atoms with E-state index in [4.69, 9.17) is 5.73 Å². The maximum absolute atomic E-state index is 5.83. The van der Waals surface area contributed by atoms with Crippen LogP contribution < -0.4 is 5.73 Å². The van der Waals surface area contributed by atoms with Gasteiger partial charge in [0.15, 0.2) is 0 Å². The van der Waals surface area contributed by atoms with Crippen molar-refractivity contribution in [1.82, 2.24) is 15.2 Å². The van der Waals surface area contributed by atoms with E-state index in [0.717, 1.165) is 24.5 Å². The van der Waals surface area contributed by atoms with Crippen molar-refractivity contribution in [1.29, 1.82) is 0 Å². The van der Waals surface area contributed by atoms with Crippen molar-refractivity contribution in [2.24, 2.45) is 5.73 Å². The summed E-state index contributed by atoms with van der Waals surface area (Å²) in [5.41, 5.74) is 5.61. The van der Waals surface area contributed by atoms with Crippen molar-refractivity contribution in [3.05, 3.63) is 11.6 Å². The third kappa shape index (κ3) is 2.62. The molecule has 3 N–H and O–H groups in total. The fraction of sp³-hybridized carbons (Fsp3) is 0.750. The van der Waals surface area contributed by atoms with Crippen molar-refractivity contribution < 1.29 is 0 Å². The van der Waals surface area contributed by atoms with Gasteiger partial charge in [-0.2, -0.15) is 5.10 Å². The van der Waals surface area contributed by atoms with Gasteiger partial charge in [-0.3, -0.25) is 5.10 Å². The lowest BCUT2D eigenvalue weighted by molar-refractivity contribution is 0.503. The Hall–Kier alpha value is -0.900. The van der Waals surface area contributed by atoms with E-state index in [1.54, 1.807) is 0 Å². The molecule has 0 bridgehead atoms. The Morgan fingerprint density at radius 1 is 1.50 bits per heavy atom. The zero-order valence-electron chi connectivity index (χ0n) is 7.89. The van der Waals surface area contributed by atoms with Crippen molar-refractivity contribution in [2.45, 2.75) is 39.2 Å². The van der Waals surface area contributed by atoms with Gasteiger partial charge >= 0.3 is 0 Å². The Morgan fingerprint density at radius 2 is 2.17 bits per heavy atom. The van der Waals surface area contributed by atoms with Gasteiger partial charge < -0.3 is 5.73 Å². The maximum atomic E-state index is 5.83. The van der Waals surface area contributed by atoms with E-state index in [0.29, 0.717) is 0 Å². The fourth-order valence-electron chi connectivity index (χ4n) is 1.00. The highest BCUT2D eigenvalue weighted by atomic mass is 15.2. The number of aromatic nitrogens is 3. The summed E-state index contributed by atoms with van der Waals surface area (Å²) in [4.78, 5) is 4.27. The lowest BCUT2D eigenvalue weighted by atomic mass is 10.0. The molecule has 0 atom stereocenters. The first kappa shape index (κ1) is 9.19. The molecule has 1 rings (SSSR count). The Balaban J connectivity index is 2.64. The summed E-state index contributed by atoms with van der Waals surface area (Å²) in [5, 5.41) is 6.90. The zero-order valence-corrected chi connectivity index (χ0v) is 7.89. The minimum absolute atomic E-state index is 0.218. The number of hydrogen-bond acceptors (Lipinski definition) is 3. The van der Waals surface area contributed by atoms with Gasteiger partial charge in [0, 0.05) is 18.4 Å². The minimum Gasteiger partial charge on any atom is -0.325 e. The second-order valence-corrected chi connectivity index (χ2v) is 3.72. The summed E-state index contributed by atoms with van der Waals surface area (Å²) in [6.07, 6.45) is 1.60. The van der Waals surface area contributed by atoms with Gasteiger partial charge in [-0.25, -0.2) is 4.98 Å². The number of H-pyrrole nitrogens is 1. The molecule has 68 valence electrons. The van der Waals surface area contributed by atoms with E-state index in [9.17, 15) is 0 Å². The molecule has 0 aromatic carbocycles. The van der Waals surface area contributed by atoms with Crippen LogP contribution in [-0.2, 0) is 12.8 Å². The van der Waals surface area contributed by atoms with Crippen LogP contribution in [-0.4, -0.2) is 20.7 Å². The second-order valence-electron chi connectivity index (χ2n) is 3.72. The lowest BCUT2D eigenvalue weighted by Gasteiger charge is -2.15. The highest BCUT2D eigenvalue weighted by molar-refractivity contribution is 4.95. The zero-order chi connectivity index (χ0) is 9.19. The summed E-state index contributed by atoms with van der Waals surface area (Å²) >= 11 is 0. The summed E-state index contributed by atoms with van der Waals surface area (Å²) in [5.74, 6) is 1.73. The number of nitrogens with one attached hydrogen (secondary N) is 1. The molecule has 0 aliphatic carbocycles. The molecule has 0 saturated heterocycles. The molecule has 0 aliphatic rings. The van der Waals surface area contributed by atoms with Gasteiger partial charge in [-0.05, 0) is 13.8 Å². The molecular weight excluding hydrogens is 152 g/mol. The van der Waals surface area contributed by atoms with Crippen LogP contribution in [0.1, 0.15) is 32.4 Å². The normalized spacial score (nSPS) is 12.0. The summed E-state index contributed by atoms with van der Waals surface area (Å²) in [6.45, 7) is 5.98. The highest BCUT2D eigenvalue weighted by Crippen LogP contribution is 2.05. The Morgan fingerprint density at radius 3 is 2.58 bits per heavy atom. The Bertz CT molecular complexity index is 246. The first-order valence-corrected chi connectivity index (χ1v) is 4.20. The second kappa shape index (κ2) is 3.23. The third-order valence-electron chi connectivity index (χ3n) is 1.52. The molecule has 1 aromatic rings. The van der Waals surface area contributed by atoms with Gasteiger partial charge in [-0.1, -0.05) is 6.92 Å². The molecule has 0 amide bonds. The van der Waals surface area contributed by atoms with Gasteiger partial charge in [-0.15, -0.1) is 0 Å². The van der Waals surface area contributed by atoms with Crippen molar-refractivity contribution in [3.8, 4) is 0 Å². The molecule has 1 aromatic heterocycles. The molecule has 12 heavy (non-hydrogen) atoms. The molecule has 0 aliphatic heterocycles. The Kier molecular flexibility index (Phi) is 2.47. The Labute approximate surface area is 72.6 Å². The van der Waals surface area contributed by atoms with Crippen LogP contribution in [0.5, 0.6) is 0 Å². The van der Waals surface area contributed by atoms with E-state index >= 15 is 0 Å². The van der Waals surface area contributed by atoms with Crippen LogP contribution in [0.4, 0.5) is 0 Å². The van der Waals surface area contributed by atoms with E-state index < -0.39 is 0 Å². The van der Waals surface area contributed by atoms with Crippen LogP contribution in [0.25, 0.3) is 0 Å². The summed E-state index contributed by atoms with van der Waals surface area (Å²) in [6, 6.07) is 0. The fourth-order valence-corrected chi connectivity index (χ4v) is 1.00. The number of rotatable bonds is 3. The van der Waals surface area contributed by atoms with Crippen LogP contribution in [0.2, 0.25) is 0 Å². The number of aryl methyl sites for hydroxylation is 1. The SMILES string of the molecule is CCc1n[nH]c(CC(C)(C)N)n1. The molecule has 4 nitrogen and oxygen atoms in total. The van der Waals surface area contributed by atoms with E-state index in [-0.39, 0.29) is 5.54 Å².